The molecule has 2 aromatic rings. The molecule has 1 saturated heterocycles. The number of rotatable bonds is 4. The second-order valence-corrected chi connectivity index (χ2v) is 8.11. The van der Waals surface area contributed by atoms with Gasteiger partial charge in [0.2, 0.25) is 0 Å². The summed E-state index contributed by atoms with van der Waals surface area (Å²) in [5, 5.41) is 0. The van der Waals surface area contributed by atoms with Gasteiger partial charge in [-0.1, -0.05) is 34.6 Å². The van der Waals surface area contributed by atoms with Crippen molar-refractivity contribution in [1.82, 2.24) is 14.7 Å². The van der Waals surface area contributed by atoms with Crippen molar-refractivity contribution in [3.63, 3.8) is 0 Å². The molecule has 4 rings (SSSR count). The first-order valence-electron chi connectivity index (χ1n) is 9.20. The first kappa shape index (κ1) is 18.3. The average molecular weight is 429 g/mol. The Morgan fingerprint density at radius 1 is 1.07 bits per heavy atom. The molecule has 0 saturated carbocycles. The quantitative estimate of drug-likeness (QED) is 0.721. The molecule has 0 aliphatic carbocycles. The maximum absolute atomic E-state index is 6.12. The van der Waals surface area contributed by atoms with E-state index in [2.05, 4.69) is 68.3 Å². The second kappa shape index (κ2) is 7.54. The van der Waals surface area contributed by atoms with Crippen LogP contribution in [-0.2, 0) is 0 Å². The van der Waals surface area contributed by atoms with Crippen LogP contribution in [0.25, 0.3) is 0 Å². The Kier molecular flexibility index (Phi) is 5.12. The molecular weight excluding hydrogens is 404 g/mol. The number of halogens is 1. The lowest BCUT2D eigenvalue weighted by atomic mass is 10.1. The van der Waals surface area contributed by atoms with Crippen molar-refractivity contribution in [2.75, 3.05) is 51.8 Å². The van der Waals surface area contributed by atoms with Crippen LogP contribution in [0.4, 0.5) is 11.4 Å². The molecule has 27 heavy (non-hydrogen) atoms. The molecule has 1 fully saturated rings. The third-order valence-corrected chi connectivity index (χ3v) is 5.69. The fourth-order valence-electron chi connectivity index (χ4n) is 3.55. The van der Waals surface area contributed by atoms with Gasteiger partial charge in [-0.05, 0) is 37.4 Å². The third-order valence-electron chi connectivity index (χ3n) is 5.19. The van der Waals surface area contributed by atoms with E-state index < -0.39 is 0 Å². The molecule has 0 spiro atoms. The number of benzene rings is 2. The highest BCUT2D eigenvalue weighted by Gasteiger charge is 2.28. The van der Waals surface area contributed by atoms with E-state index in [1.54, 1.807) is 0 Å². The van der Waals surface area contributed by atoms with Gasteiger partial charge in [-0.15, -0.1) is 0 Å². The summed E-state index contributed by atoms with van der Waals surface area (Å²) in [6.45, 7) is 9.66. The van der Waals surface area contributed by atoms with E-state index in [0.717, 1.165) is 66.0 Å². The minimum Gasteiger partial charge on any atom is -0.453 e. The van der Waals surface area contributed by atoms with Crippen LogP contribution in [-0.4, -0.2) is 61.6 Å². The molecule has 2 heterocycles. The lowest BCUT2D eigenvalue weighted by Gasteiger charge is -2.40. The van der Waals surface area contributed by atoms with E-state index in [9.17, 15) is 0 Å². The lowest BCUT2D eigenvalue weighted by Crippen LogP contribution is -2.48. The summed E-state index contributed by atoms with van der Waals surface area (Å²) >= 11 is 3.59. The first-order chi connectivity index (χ1) is 13.0. The zero-order valence-electron chi connectivity index (χ0n) is 15.9. The van der Waals surface area contributed by atoms with Crippen molar-refractivity contribution in [3.8, 4) is 11.5 Å². The van der Waals surface area contributed by atoms with E-state index in [4.69, 9.17) is 4.74 Å². The van der Waals surface area contributed by atoms with Crippen LogP contribution < -0.4 is 9.64 Å². The minimum absolute atomic E-state index is 0.839. The molecule has 0 unspecified atom stereocenters. The minimum atomic E-state index is 0.839. The smallest absolute Gasteiger partial charge is 0.151 e. The van der Waals surface area contributed by atoms with Crippen molar-refractivity contribution in [3.05, 3.63) is 59.3 Å². The Balaban J connectivity index is 1.62. The molecule has 0 bridgehead atoms. The second-order valence-electron chi connectivity index (χ2n) is 7.19. The van der Waals surface area contributed by atoms with Gasteiger partial charge in [-0.2, -0.15) is 0 Å². The van der Waals surface area contributed by atoms with Crippen LogP contribution in [0.15, 0.2) is 59.3 Å². The molecule has 5 nitrogen and oxygen atoms in total. The topological polar surface area (TPSA) is 22.2 Å². The summed E-state index contributed by atoms with van der Waals surface area (Å²) in [5.74, 6) is 2.62. The summed E-state index contributed by atoms with van der Waals surface area (Å²) in [5.41, 5.74) is 2.01. The standard InChI is InChI=1S/C21H25BrN4O/c1-16(24(3)15-25-12-10-23(2)11-13-25)26-18-6-4-5-7-20(18)27-21-9-8-17(22)14-19(21)26/h4-9,14H,1,10-13,15H2,2-3H3. The molecule has 0 radical (unpaired) electrons. The van der Waals surface area contributed by atoms with Crippen LogP contribution in [0.3, 0.4) is 0 Å². The summed E-state index contributed by atoms with van der Waals surface area (Å²) in [6.07, 6.45) is 0. The Morgan fingerprint density at radius 2 is 1.78 bits per heavy atom. The number of piperazine rings is 1. The van der Waals surface area contributed by atoms with Crippen LogP contribution in [0.2, 0.25) is 0 Å². The maximum Gasteiger partial charge on any atom is 0.151 e. The molecule has 2 aromatic carbocycles. The Morgan fingerprint density at radius 3 is 2.56 bits per heavy atom. The molecule has 2 aliphatic rings. The number of nitrogens with zero attached hydrogens (tertiary/aromatic N) is 4. The Labute approximate surface area is 169 Å². The predicted molar refractivity (Wildman–Crippen MR) is 114 cm³/mol. The zero-order chi connectivity index (χ0) is 19.0. The lowest BCUT2D eigenvalue weighted by molar-refractivity contribution is 0.110. The van der Waals surface area contributed by atoms with Crippen LogP contribution in [0.1, 0.15) is 0 Å². The van der Waals surface area contributed by atoms with Gasteiger partial charge in [0.05, 0.1) is 18.0 Å². The fourth-order valence-corrected chi connectivity index (χ4v) is 3.90. The van der Waals surface area contributed by atoms with E-state index in [1.165, 1.54) is 0 Å². The molecule has 2 aliphatic heterocycles. The number of likely N-dealkylation sites (N-methyl/N-ethyl adjacent to an activating group) is 1. The maximum atomic E-state index is 6.12. The number of hydrogen-bond acceptors (Lipinski definition) is 5. The highest BCUT2D eigenvalue weighted by molar-refractivity contribution is 9.10. The molecule has 0 atom stereocenters. The molecule has 0 N–H and O–H groups in total. The van der Waals surface area contributed by atoms with Crippen molar-refractivity contribution < 1.29 is 4.74 Å². The van der Waals surface area contributed by atoms with Crippen molar-refractivity contribution >= 4 is 27.3 Å². The van der Waals surface area contributed by atoms with Crippen LogP contribution in [0.5, 0.6) is 11.5 Å². The van der Waals surface area contributed by atoms with E-state index >= 15 is 0 Å². The van der Waals surface area contributed by atoms with E-state index in [0.29, 0.717) is 0 Å². The van der Waals surface area contributed by atoms with Gasteiger partial charge in [-0.3, -0.25) is 9.80 Å². The van der Waals surface area contributed by atoms with Gasteiger partial charge in [0.25, 0.3) is 0 Å². The van der Waals surface area contributed by atoms with Crippen LogP contribution >= 0.6 is 15.9 Å². The van der Waals surface area contributed by atoms with Crippen molar-refractivity contribution in [2.24, 2.45) is 0 Å². The van der Waals surface area contributed by atoms with Gasteiger partial charge < -0.3 is 14.5 Å². The highest BCUT2D eigenvalue weighted by atomic mass is 79.9. The molecule has 0 aromatic heterocycles. The van der Waals surface area contributed by atoms with Gasteiger partial charge in [0, 0.05) is 37.7 Å². The molecular formula is C21H25BrN4O. The number of fused-ring (bicyclic) bond motifs is 2. The average Bonchev–Trinajstić information content (AvgIpc) is 2.67. The number of para-hydroxylation sites is 2. The SMILES string of the molecule is C=C(N(C)CN1CCN(C)CC1)N1c2ccccc2Oc2ccc(Br)cc21. The summed E-state index contributed by atoms with van der Waals surface area (Å²) in [4.78, 5) is 9.25. The van der Waals surface area contributed by atoms with Crippen molar-refractivity contribution in [2.45, 2.75) is 0 Å². The largest absolute Gasteiger partial charge is 0.453 e. The predicted octanol–water partition coefficient (Wildman–Crippen LogP) is 4.30. The van der Waals surface area contributed by atoms with Crippen molar-refractivity contribution in [1.29, 1.82) is 0 Å². The molecule has 6 heteroatoms. The summed E-state index contributed by atoms with van der Waals surface area (Å²) in [7, 11) is 4.29. The first-order valence-corrected chi connectivity index (χ1v) is 10.00. The Hall–Kier alpha value is -2.02. The van der Waals surface area contributed by atoms with E-state index in [1.807, 2.05) is 30.3 Å². The van der Waals surface area contributed by atoms with Crippen LogP contribution in [0, 0.1) is 0 Å². The molecule has 0 amide bonds. The fraction of sp³-hybridized carbons (Fsp3) is 0.333. The van der Waals surface area contributed by atoms with Gasteiger partial charge in [-0.25, -0.2) is 0 Å². The van der Waals surface area contributed by atoms with Gasteiger partial charge in [0.1, 0.15) is 5.82 Å². The zero-order valence-corrected chi connectivity index (χ0v) is 17.4. The summed E-state index contributed by atoms with van der Waals surface area (Å²) < 4.78 is 7.13. The van der Waals surface area contributed by atoms with E-state index in [-0.39, 0.29) is 0 Å². The van der Waals surface area contributed by atoms with Gasteiger partial charge in [0.15, 0.2) is 11.5 Å². The van der Waals surface area contributed by atoms with Gasteiger partial charge >= 0.3 is 0 Å². The Bertz CT molecular complexity index is 848. The normalized spacial score (nSPS) is 17.1. The number of hydrogen-bond donors (Lipinski definition) is 0. The number of anilines is 2. The molecule has 142 valence electrons. The monoisotopic (exact) mass is 428 g/mol. The summed E-state index contributed by atoms with van der Waals surface area (Å²) in [6, 6.07) is 14.2. The highest BCUT2D eigenvalue weighted by Crippen LogP contribution is 2.49. The third kappa shape index (κ3) is 3.70. The number of ether oxygens (including phenoxy) is 1.